The second-order valence-corrected chi connectivity index (χ2v) is 6.23. The van der Waals surface area contributed by atoms with Crippen LogP contribution in [0.4, 0.5) is 5.69 Å². The van der Waals surface area contributed by atoms with Gasteiger partial charge in [0, 0.05) is 20.6 Å². The van der Waals surface area contributed by atoms with E-state index in [1.807, 2.05) is 13.0 Å². The molecule has 0 spiro atoms. The number of aryl methyl sites for hydroxylation is 1. The summed E-state index contributed by atoms with van der Waals surface area (Å²) in [6, 6.07) is 10.5. The maximum Gasteiger partial charge on any atom is 0.255 e. The standard InChI is InChI=1S/C15H12BrClN2OS/c1-8-2-3-9(6-12(8)17)15(20)19-13-7-10(16)4-5-11(13)14(18)21/h2-7H,1H3,(H2,18,21)(H,19,20). The molecule has 2 aromatic rings. The molecule has 1 amide bonds. The highest BCUT2D eigenvalue weighted by atomic mass is 79.9. The predicted molar refractivity (Wildman–Crippen MR) is 94.2 cm³/mol. The minimum Gasteiger partial charge on any atom is -0.389 e. The zero-order valence-corrected chi connectivity index (χ0v) is 14.3. The van der Waals surface area contributed by atoms with Crippen molar-refractivity contribution in [3.63, 3.8) is 0 Å². The summed E-state index contributed by atoms with van der Waals surface area (Å²) in [4.78, 5) is 12.5. The molecular weight excluding hydrogens is 372 g/mol. The van der Waals surface area contributed by atoms with E-state index in [0.717, 1.165) is 10.0 Å². The van der Waals surface area contributed by atoms with E-state index in [-0.39, 0.29) is 10.9 Å². The fourth-order valence-corrected chi connectivity index (χ4v) is 2.48. The zero-order valence-electron chi connectivity index (χ0n) is 11.1. The average molecular weight is 384 g/mol. The SMILES string of the molecule is Cc1ccc(C(=O)Nc2cc(Br)ccc2C(N)=S)cc1Cl. The third-order valence-corrected chi connectivity index (χ3v) is 4.05. The summed E-state index contributed by atoms with van der Waals surface area (Å²) in [5, 5.41) is 3.35. The summed E-state index contributed by atoms with van der Waals surface area (Å²) in [5.41, 5.74) is 8.22. The van der Waals surface area contributed by atoms with Gasteiger partial charge in [0.25, 0.3) is 5.91 Å². The number of halogens is 2. The van der Waals surface area contributed by atoms with Crippen LogP contribution in [0.15, 0.2) is 40.9 Å². The molecule has 3 N–H and O–H groups in total. The van der Waals surface area contributed by atoms with E-state index < -0.39 is 0 Å². The van der Waals surface area contributed by atoms with Crippen LogP contribution in [0.5, 0.6) is 0 Å². The molecule has 0 radical (unpaired) electrons. The van der Waals surface area contributed by atoms with Crippen LogP contribution >= 0.6 is 39.7 Å². The van der Waals surface area contributed by atoms with Gasteiger partial charge in [-0.1, -0.05) is 45.8 Å². The molecule has 0 unspecified atom stereocenters. The molecule has 0 aliphatic heterocycles. The summed E-state index contributed by atoms with van der Waals surface area (Å²) < 4.78 is 0.819. The van der Waals surface area contributed by atoms with E-state index >= 15 is 0 Å². The van der Waals surface area contributed by atoms with Crippen LogP contribution in [0.25, 0.3) is 0 Å². The van der Waals surface area contributed by atoms with Gasteiger partial charge in [0.15, 0.2) is 0 Å². The monoisotopic (exact) mass is 382 g/mol. The maximum atomic E-state index is 12.3. The summed E-state index contributed by atoms with van der Waals surface area (Å²) in [5.74, 6) is -0.271. The Labute approximate surface area is 141 Å². The number of nitrogens with one attached hydrogen (secondary N) is 1. The quantitative estimate of drug-likeness (QED) is 0.777. The number of benzene rings is 2. The van der Waals surface area contributed by atoms with Crippen molar-refractivity contribution in [2.75, 3.05) is 5.32 Å². The van der Waals surface area contributed by atoms with Gasteiger partial charge in [0.2, 0.25) is 0 Å². The van der Waals surface area contributed by atoms with E-state index in [0.29, 0.717) is 21.8 Å². The van der Waals surface area contributed by atoms with Crippen molar-refractivity contribution >= 4 is 56.3 Å². The molecule has 21 heavy (non-hydrogen) atoms. The van der Waals surface area contributed by atoms with Crippen LogP contribution in [0, 0.1) is 6.92 Å². The van der Waals surface area contributed by atoms with E-state index in [9.17, 15) is 4.79 Å². The minimum absolute atomic E-state index is 0.222. The topological polar surface area (TPSA) is 55.1 Å². The number of carbonyl (C=O) groups excluding carboxylic acids is 1. The van der Waals surface area contributed by atoms with Crippen LogP contribution in [0.2, 0.25) is 5.02 Å². The van der Waals surface area contributed by atoms with Gasteiger partial charge < -0.3 is 11.1 Å². The molecule has 0 saturated heterocycles. The Morgan fingerprint density at radius 1 is 1.29 bits per heavy atom. The highest BCUT2D eigenvalue weighted by molar-refractivity contribution is 9.10. The van der Waals surface area contributed by atoms with Crippen molar-refractivity contribution < 1.29 is 4.79 Å². The summed E-state index contributed by atoms with van der Waals surface area (Å²) in [7, 11) is 0. The molecule has 0 aliphatic rings. The highest BCUT2D eigenvalue weighted by Crippen LogP contribution is 2.23. The molecule has 0 saturated carbocycles. The largest absolute Gasteiger partial charge is 0.389 e. The van der Waals surface area contributed by atoms with Gasteiger partial charge in [-0.15, -0.1) is 0 Å². The summed E-state index contributed by atoms with van der Waals surface area (Å²) >= 11 is 14.4. The van der Waals surface area contributed by atoms with Gasteiger partial charge >= 0.3 is 0 Å². The molecule has 2 aromatic carbocycles. The van der Waals surface area contributed by atoms with Crippen molar-refractivity contribution in [2.45, 2.75) is 6.92 Å². The van der Waals surface area contributed by atoms with E-state index in [1.54, 1.807) is 30.3 Å². The van der Waals surface area contributed by atoms with Crippen molar-refractivity contribution in [1.29, 1.82) is 0 Å². The Bertz CT molecular complexity index is 734. The van der Waals surface area contributed by atoms with Crippen molar-refractivity contribution in [3.8, 4) is 0 Å². The Morgan fingerprint density at radius 2 is 2.00 bits per heavy atom. The Kier molecular flexibility index (Phi) is 4.98. The number of carbonyl (C=O) groups is 1. The van der Waals surface area contributed by atoms with Gasteiger partial charge in [-0.3, -0.25) is 4.79 Å². The zero-order chi connectivity index (χ0) is 15.6. The molecule has 6 heteroatoms. The number of hydrogen-bond acceptors (Lipinski definition) is 2. The lowest BCUT2D eigenvalue weighted by atomic mass is 10.1. The first-order valence-corrected chi connectivity index (χ1v) is 7.63. The molecule has 2 rings (SSSR count). The van der Waals surface area contributed by atoms with Crippen molar-refractivity contribution in [2.24, 2.45) is 5.73 Å². The van der Waals surface area contributed by atoms with Crippen LogP contribution in [-0.2, 0) is 0 Å². The van der Waals surface area contributed by atoms with Gasteiger partial charge in [-0.25, -0.2) is 0 Å². The van der Waals surface area contributed by atoms with Gasteiger partial charge in [-0.05, 0) is 42.8 Å². The molecule has 3 nitrogen and oxygen atoms in total. The van der Waals surface area contributed by atoms with Crippen LogP contribution in [0.1, 0.15) is 21.5 Å². The second-order valence-electron chi connectivity index (χ2n) is 4.47. The summed E-state index contributed by atoms with van der Waals surface area (Å²) in [6.45, 7) is 1.88. The lowest BCUT2D eigenvalue weighted by Gasteiger charge is -2.11. The minimum atomic E-state index is -0.271. The smallest absolute Gasteiger partial charge is 0.255 e. The first-order valence-electron chi connectivity index (χ1n) is 6.05. The third kappa shape index (κ3) is 3.81. The van der Waals surface area contributed by atoms with Crippen molar-refractivity contribution in [1.82, 2.24) is 0 Å². The van der Waals surface area contributed by atoms with E-state index in [2.05, 4.69) is 21.2 Å². The number of anilines is 1. The summed E-state index contributed by atoms with van der Waals surface area (Å²) in [6.07, 6.45) is 0. The predicted octanol–water partition coefficient (Wildman–Crippen LogP) is 4.30. The Morgan fingerprint density at radius 3 is 2.62 bits per heavy atom. The van der Waals surface area contributed by atoms with Gasteiger partial charge in [0.1, 0.15) is 4.99 Å². The van der Waals surface area contributed by atoms with Gasteiger partial charge in [0.05, 0.1) is 5.69 Å². The first kappa shape index (κ1) is 15.9. The number of amides is 1. The van der Waals surface area contributed by atoms with E-state index in [4.69, 9.17) is 29.6 Å². The molecule has 108 valence electrons. The number of hydrogen-bond donors (Lipinski definition) is 2. The molecular formula is C15H12BrClN2OS. The Balaban J connectivity index is 2.33. The normalized spacial score (nSPS) is 10.2. The van der Waals surface area contributed by atoms with Crippen LogP contribution < -0.4 is 11.1 Å². The fraction of sp³-hybridized carbons (Fsp3) is 0.0667. The first-order chi connectivity index (χ1) is 9.88. The maximum absolute atomic E-state index is 12.3. The van der Waals surface area contributed by atoms with E-state index in [1.165, 1.54) is 0 Å². The van der Waals surface area contributed by atoms with Crippen LogP contribution in [-0.4, -0.2) is 10.9 Å². The molecule has 0 aromatic heterocycles. The molecule has 0 fully saturated rings. The molecule has 0 atom stereocenters. The second kappa shape index (κ2) is 6.56. The van der Waals surface area contributed by atoms with Gasteiger partial charge in [-0.2, -0.15) is 0 Å². The number of thiocarbonyl (C=S) groups is 1. The van der Waals surface area contributed by atoms with Crippen LogP contribution in [0.3, 0.4) is 0 Å². The Hall–Kier alpha value is -1.43. The lowest BCUT2D eigenvalue weighted by Crippen LogP contribution is -2.17. The molecule has 0 heterocycles. The fourth-order valence-electron chi connectivity index (χ4n) is 1.76. The number of rotatable bonds is 3. The van der Waals surface area contributed by atoms with Crippen molar-refractivity contribution in [3.05, 3.63) is 62.6 Å². The molecule has 0 bridgehead atoms. The molecule has 0 aliphatic carbocycles. The average Bonchev–Trinajstić information content (AvgIpc) is 2.41. The lowest BCUT2D eigenvalue weighted by molar-refractivity contribution is 0.102. The highest BCUT2D eigenvalue weighted by Gasteiger charge is 2.12. The third-order valence-electron chi connectivity index (χ3n) is 2.93. The number of nitrogens with two attached hydrogens (primary N) is 1.